The number of nitrogens with two attached hydrogens (primary N) is 1. The molecule has 3 aromatic rings. The number of rotatable bonds is 4. The van der Waals surface area contributed by atoms with Crippen LogP contribution in [0.15, 0.2) is 65.7 Å². The van der Waals surface area contributed by atoms with Gasteiger partial charge in [-0.25, -0.2) is 4.99 Å². The van der Waals surface area contributed by atoms with Gasteiger partial charge in [0.05, 0.1) is 17.6 Å². The highest BCUT2D eigenvalue weighted by Gasteiger charge is 2.48. The Balaban J connectivity index is 1.77. The van der Waals surface area contributed by atoms with Gasteiger partial charge in [0.15, 0.2) is 5.96 Å². The molecule has 2 heterocycles. The predicted molar refractivity (Wildman–Crippen MR) is 122 cm³/mol. The summed E-state index contributed by atoms with van der Waals surface area (Å²) in [4.78, 5) is 20.8. The van der Waals surface area contributed by atoms with Gasteiger partial charge in [0.2, 0.25) is 5.91 Å². The van der Waals surface area contributed by atoms with Crippen molar-refractivity contribution in [2.75, 3.05) is 7.05 Å². The summed E-state index contributed by atoms with van der Waals surface area (Å²) < 4.78 is 41.6. The minimum Gasteiger partial charge on any atom is -0.406 e. The molecule has 1 amide bonds. The number of nitriles is 1. The monoisotopic (exact) mass is 484 g/mol. The molecule has 0 spiro atoms. The Morgan fingerprint density at radius 1 is 1.18 bits per heavy atom. The van der Waals surface area contributed by atoms with Crippen molar-refractivity contribution in [1.29, 1.82) is 5.26 Å². The van der Waals surface area contributed by atoms with Crippen LogP contribution < -0.4 is 10.5 Å². The van der Waals surface area contributed by atoms with Gasteiger partial charge < -0.3 is 10.5 Å². The number of hydrogen-bond acceptors (Lipinski definition) is 6. The Kier molecular flexibility index (Phi) is 5.83. The zero-order chi connectivity index (χ0) is 24.7. The van der Waals surface area contributed by atoms with E-state index in [4.69, 9.17) is 5.73 Å². The van der Waals surface area contributed by atoms with Crippen molar-refractivity contribution in [2.24, 2.45) is 10.7 Å². The fourth-order valence-corrected chi connectivity index (χ4v) is 5.08. The van der Waals surface area contributed by atoms with E-state index in [9.17, 15) is 23.2 Å². The molecule has 4 rings (SSSR count). The second-order valence-electron chi connectivity index (χ2n) is 7.92. The van der Waals surface area contributed by atoms with Gasteiger partial charge in [0, 0.05) is 16.8 Å². The number of thiophene rings is 1. The van der Waals surface area contributed by atoms with Gasteiger partial charge in [0.25, 0.3) is 0 Å². The van der Waals surface area contributed by atoms with Gasteiger partial charge in [-0.1, -0.05) is 24.3 Å². The van der Waals surface area contributed by atoms with Crippen LogP contribution in [0.2, 0.25) is 0 Å². The van der Waals surface area contributed by atoms with Crippen molar-refractivity contribution >= 4 is 23.2 Å². The molecule has 0 fully saturated rings. The van der Waals surface area contributed by atoms with Crippen molar-refractivity contribution in [3.8, 4) is 22.3 Å². The third kappa shape index (κ3) is 4.34. The molecule has 2 atom stereocenters. The van der Waals surface area contributed by atoms with Gasteiger partial charge in [-0.15, -0.1) is 24.5 Å². The summed E-state index contributed by atoms with van der Waals surface area (Å²) in [5, 5.41) is 9.19. The summed E-state index contributed by atoms with van der Waals surface area (Å²) >= 11 is 1.41. The first-order valence-corrected chi connectivity index (χ1v) is 10.9. The molecule has 1 aliphatic heterocycles. The highest BCUT2D eigenvalue weighted by Crippen LogP contribution is 2.47. The summed E-state index contributed by atoms with van der Waals surface area (Å²) in [5.41, 5.74) is 6.80. The summed E-state index contributed by atoms with van der Waals surface area (Å²) in [5.74, 6) is -1.50. The van der Waals surface area contributed by atoms with Crippen molar-refractivity contribution in [3.05, 3.63) is 76.7 Å². The second kappa shape index (κ2) is 8.50. The first-order chi connectivity index (χ1) is 16.0. The molecule has 0 radical (unpaired) electrons. The first-order valence-electron chi connectivity index (χ1n) is 10.1. The van der Waals surface area contributed by atoms with E-state index in [1.807, 2.05) is 18.2 Å². The lowest BCUT2D eigenvalue weighted by Gasteiger charge is -2.40. The molecule has 6 nitrogen and oxygen atoms in total. The largest absolute Gasteiger partial charge is 0.573 e. The zero-order valence-electron chi connectivity index (χ0n) is 18.1. The number of alkyl halides is 3. The molecule has 1 aromatic heterocycles. The Hall–Kier alpha value is -3.84. The molecule has 2 N–H and O–H groups in total. The summed E-state index contributed by atoms with van der Waals surface area (Å²) in [6.07, 6.45) is -4.81. The topological polar surface area (TPSA) is 91.7 Å². The Bertz CT molecular complexity index is 1310. The maximum absolute atomic E-state index is 13.3. The lowest BCUT2D eigenvalue weighted by atomic mass is 9.78. The van der Waals surface area contributed by atoms with E-state index >= 15 is 0 Å². The lowest BCUT2D eigenvalue weighted by Crippen LogP contribution is -2.52. The quantitative estimate of drug-likeness (QED) is 0.566. The molecule has 0 saturated heterocycles. The van der Waals surface area contributed by atoms with E-state index in [1.165, 1.54) is 47.5 Å². The molecule has 174 valence electrons. The molecular formula is C24H19F3N4O2S. The molecule has 1 unspecified atom stereocenters. The molecule has 34 heavy (non-hydrogen) atoms. The van der Waals surface area contributed by atoms with Crippen molar-refractivity contribution in [3.63, 3.8) is 0 Å². The minimum absolute atomic E-state index is 0.0437. The molecule has 10 heteroatoms. The highest BCUT2D eigenvalue weighted by atomic mass is 32.1. The lowest BCUT2D eigenvalue weighted by molar-refractivity contribution is -0.274. The van der Waals surface area contributed by atoms with Gasteiger partial charge in [-0.2, -0.15) is 5.26 Å². The van der Waals surface area contributed by atoms with Crippen LogP contribution in [0.25, 0.3) is 10.4 Å². The SMILES string of the molecule is CN1C(=O)C(c2ccc(OC(F)(F)F)cc2)[C@@](C)(c2ccc(-c3cccc(C#N)c3)s2)N=C1N. The van der Waals surface area contributed by atoms with Gasteiger partial charge in [0.1, 0.15) is 11.3 Å². The van der Waals surface area contributed by atoms with Crippen LogP contribution in [0.3, 0.4) is 0 Å². The Morgan fingerprint density at radius 2 is 1.88 bits per heavy atom. The third-order valence-corrected chi connectivity index (χ3v) is 7.02. The number of carbonyl (C=O) groups excluding carboxylic acids is 1. The fourth-order valence-electron chi connectivity index (χ4n) is 3.96. The van der Waals surface area contributed by atoms with Crippen LogP contribution in [0.5, 0.6) is 5.75 Å². The third-order valence-electron chi connectivity index (χ3n) is 5.66. The summed E-state index contributed by atoms with van der Waals surface area (Å²) in [6.45, 7) is 1.77. The number of likely N-dealkylation sites (N-methyl/N-ethyl adjacent to an activating group) is 1. The summed E-state index contributed by atoms with van der Waals surface area (Å²) in [7, 11) is 1.50. The smallest absolute Gasteiger partial charge is 0.406 e. The number of aliphatic imine (C=N–C) groups is 1. The van der Waals surface area contributed by atoms with Crippen LogP contribution in [-0.2, 0) is 10.3 Å². The predicted octanol–water partition coefficient (Wildman–Crippen LogP) is 4.97. The standard InChI is InChI=1S/C24H19F3N4O2S/c1-23(19-11-10-18(34-19)16-5-3-4-14(12-16)13-28)20(21(32)31(2)22(29)30-23)15-6-8-17(9-7-15)33-24(25,26)27/h3-12,20H,1-2H3,(H2,29,30)/t20?,23-/m1/s1. The molecule has 0 aliphatic carbocycles. The van der Waals surface area contributed by atoms with Crippen LogP contribution in [-0.4, -0.2) is 30.2 Å². The van der Waals surface area contributed by atoms with Gasteiger partial charge >= 0.3 is 6.36 Å². The molecule has 0 bridgehead atoms. The molecule has 2 aromatic carbocycles. The number of carbonyl (C=O) groups is 1. The maximum atomic E-state index is 13.3. The molecule has 0 saturated carbocycles. The van der Waals surface area contributed by atoms with E-state index in [2.05, 4.69) is 15.8 Å². The average molecular weight is 485 g/mol. The van der Waals surface area contributed by atoms with Crippen molar-refractivity contribution in [1.82, 2.24) is 4.90 Å². The second-order valence-corrected chi connectivity index (χ2v) is 9.00. The van der Waals surface area contributed by atoms with E-state index in [0.29, 0.717) is 11.1 Å². The first kappa shape index (κ1) is 23.3. The molecule has 1 aliphatic rings. The summed E-state index contributed by atoms with van der Waals surface area (Å²) in [6, 6.07) is 18.2. The number of ether oxygens (including phenoxy) is 1. The average Bonchev–Trinajstić information content (AvgIpc) is 3.29. The number of hydrogen-bond donors (Lipinski definition) is 1. The Morgan fingerprint density at radius 3 is 2.53 bits per heavy atom. The number of nitrogens with zero attached hydrogens (tertiary/aromatic N) is 3. The maximum Gasteiger partial charge on any atom is 0.573 e. The highest BCUT2D eigenvalue weighted by molar-refractivity contribution is 7.15. The van der Waals surface area contributed by atoms with E-state index in [-0.39, 0.29) is 17.6 Å². The van der Waals surface area contributed by atoms with Gasteiger partial charge in [-0.05, 0) is 54.4 Å². The van der Waals surface area contributed by atoms with Crippen LogP contribution >= 0.6 is 11.3 Å². The van der Waals surface area contributed by atoms with E-state index < -0.39 is 17.8 Å². The zero-order valence-corrected chi connectivity index (χ0v) is 18.9. The number of amides is 1. The molecular weight excluding hydrogens is 465 g/mol. The Labute approximate surface area is 197 Å². The number of guanidine groups is 1. The van der Waals surface area contributed by atoms with E-state index in [1.54, 1.807) is 25.1 Å². The minimum atomic E-state index is -4.81. The van der Waals surface area contributed by atoms with Crippen LogP contribution in [0, 0.1) is 11.3 Å². The fraction of sp³-hybridized carbons (Fsp3) is 0.208. The number of halogens is 3. The van der Waals surface area contributed by atoms with Crippen molar-refractivity contribution < 1.29 is 22.7 Å². The number of benzene rings is 2. The normalized spacial score (nSPS) is 20.6. The van der Waals surface area contributed by atoms with Gasteiger partial charge in [-0.3, -0.25) is 9.69 Å². The van der Waals surface area contributed by atoms with Crippen LogP contribution in [0.4, 0.5) is 13.2 Å². The van der Waals surface area contributed by atoms with Crippen LogP contribution in [0.1, 0.15) is 28.8 Å². The van der Waals surface area contributed by atoms with E-state index in [0.717, 1.165) is 15.3 Å². The van der Waals surface area contributed by atoms with Crippen molar-refractivity contribution in [2.45, 2.75) is 24.7 Å².